The van der Waals surface area contributed by atoms with E-state index in [2.05, 4.69) is 37.2 Å². The molecular weight excluding hydrogens is 520 g/mol. The van der Waals surface area contributed by atoms with Crippen molar-refractivity contribution in [1.82, 2.24) is 4.90 Å². The van der Waals surface area contributed by atoms with Crippen LogP contribution in [0.4, 0.5) is 5.69 Å². The smallest absolute Gasteiger partial charge is 0.329 e. The minimum Gasteiger partial charge on any atom is -0.454 e. The van der Waals surface area contributed by atoms with Gasteiger partial charge in [-0.1, -0.05) is 44.0 Å². The summed E-state index contributed by atoms with van der Waals surface area (Å²) in [7, 11) is 0. The summed E-state index contributed by atoms with van der Waals surface area (Å²) < 4.78 is 5.10. The number of alkyl halides is 2. The molecule has 0 radical (unpaired) electrons. The van der Waals surface area contributed by atoms with Gasteiger partial charge in [0, 0.05) is 15.3 Å². The number of esters is 1. The lowest BCUT2D eigenvalue weighted by atomic mass is 9.81. The molecule has 1 N–H and O–H groups in total. The first-order valence-corrected chi connectivity index (χ1v) is 11.7. The Bertz CT molecular complexity index is 890. The fourth-order valence-electron chi connectivity index (χ4n) is 5.04. The second-order valence-electron chi connectivity index (χ2n) is 8.25. The van der Waals surface area contributed by atoms with Gasteiger partial charge >= 0.3 is 5.97 Å². The van der Waals surface area contributed by atoms with E-state index < -0.39 is 24.5 Å². The first-order valence-electron chi connectivity index (χ1n) is 9.89. The molecule has 2 bridgehead atoms. The second-order valence-corrected chi connectivity index (χ2v) is 10.4. The number of halogens is 2. The molecule has 1 heterocycles. The van der Waals surface area contributed by atoms with Crippen LogP contribution in [0.2, 0.25) is 0 Å². The molecule has 3 aliphatic rings. The number of rotatable bonds is 5. The number of aryl methyl sites for hydroxylation is 1. The molecule has 7 nitrogen and oxygen atoms in total. The zero-order valence-electron chi connectivity index (χ0n) is 16.5. The monoisotopic (exact) mass is 540 g/mol. The number of ether oxygens (including phenoxy) is 1. The molecule has 2 saturated carbocycles. The molecule has 1 saturated heterocycles. The predicted octanol–water partition coefficient (Wildman–Crippen LogP) is 2.64. The summed E-state index contributed by atoms with van der Waals surface area (Å²) in [4.78, 5) is 51.8. The van der Waals surface area contributed by atoms with Gasteiger partial charge in [-0.3, -0.25) is 19.3 Å². The van der Waals surface area contributed by atoms with E-state index in [9.17, 15) is 19.2 Å². The van der Waals surface area contributed by atoms with E-state index in [1.165, 1.54) is 6.92 Å². The average Bonchev–Trinajstić information content (AvgIpc) is 3.30. The zero-order valence-corrected chi connectivity index (χ0v) is 19.7. The van der Waals surface area contributed by atoms with E-state index in [1.54, 1.807) is 12.1 Å². The number of anilines is 1. The molecule has 30 heavy (non-hydrogen) atoms. The van der Waals surface area contributed by atoms with Crippen LogP contribution in [0.3, 0.4) is 0 Å². The van der Waals surface area contributed by atoms with Crippen LogP contribution in [0.25, 0.3) is 0 Å². The highest BCUT2D eigenvalue weighted by atomic mass is 79.9. The minimum absolute atomic E-state index is 0.0779. The lowest BCUT2D eigenvalue weighted by Crippen LogP contribution is -2.45. The van der Waals surface area contributed by atoms with E-state index in [-0.39, 0.29) is 45.1 Å². The third kappa shape index (κ3) is 3.49. The fourth-order valence-corrected chi connectivity index (χ4v) is 6.91. The Morgan fingerprint density at radius 1 is 1.17 bits per heavy atom. The van der Waals surface area contributed by atoms with Crippen molar-refractivity contribution in [3.63, 3.8) is 0 Å². The van der Waals surface area contributed by atoms with Crippen molar-refractivity contribution in [2.45, 2.75) is 36.0 Å². The van der Waals surface area contributed by atoms with Gasteiger partial charge in [0.05, 0.1) is 11.8 Å². The highest BCUT2D eigenvalue weighted by molar-refractivity contribution is 9.12. The van der Waals surface area contributed by atoms with Gasteiger partial charge in [-0.05, 0) is 49.8 Å². The number of imide groups is 1. The van der Waals surface area contributed by atoms with Gasteiger partial charge in [0.25, 0.3) is 5.91 Å². The van der Waals surface area contributed by atoms with Crippen LogP contribution in [-0.4, -0.2) is 50.9 Å². The summed E-state index contributed by atoms with van der Waals surface area (Å²) in [6.07, 6.45) is 0.824. The number of carbonyl (C=O) groups is 4. The number of nitrogens with one attached hydrogen (secondary N) is 1. The van der Waals surface area contributed by atoms with Crippen LogP contribution >= 0.6 is 31.9 Å². The Morgan fingerprint density at radius 2 is 1.77 bits per heavy atom. The number of hydrogen-bond acceptors (Lipinski definition) is 5. The summed E-state index contributed by atoms with van der Waals surface area (Å²) in [5, 5.41) is 2.65. The van der Waals surface area contributed by atoms with E-state index in [0.717, 1.165) is 16.9 Å². The van der Waals surface area contributed by atoms with Crippen LogP contribution in [0, 0.1) is 30.6 Å². The molecule has 0 unspecified atom stereocenters. The van der Waals surface area contributed by atoms with Gasteiger partial charge in [-0.25, -0.2) is 4.79 Å². The first-order chi connectivity index (χ1) is 14.2. The summed E-state index contributed by atoms with van der Waals surface area (Å²) >= 11 is 7.28. The van der Waals surface area contributed by atoms with Gasteiger partial charge in [-0.2, -0.15) is 0 Å². The van der Waals surface area contributed by atoms with Crippen LogP contribution in [0.1, 0.15) is 18.9 Å². The maximum atomic E-state index is 13.0. The van der Waals surface area contributed by atoms with Crippen molar-refractivity contribution in [2.24, 2.45) is 23.7 Å². The standard InChI is InChI=1S/C21H22Br2N2O5/c1-9-4-3-5-11(6-9)24-14(26)8-30-21(29)10(2)25-19(27)15-12-7-13(16(15)20(25)28)18(23)17(12)22/h3-6,10,12-13,15-18H,7-8H2,1-2H3,(H,24,26)/t10-,12+,13+,15+,16+,17-,18+/m0/s1. The molecule has 1 aliphatic heterocycles. The van der Waals surface area contributed by atoms with Crippen molar-refractivity contribution in [3.8, 4) is 0 Å². The lowest BCUT2D eigenvalue weighted by Gasteiger charge is -2.28. The van der Waals surface area contributed by atoms with Gasteiger partial charge in [0.1, 0.15) is 6.04 Å². The van der Waals surface area contributed by atoms with Crippen LogP contribution in [-0.2, 0) is 23.9 Å². The number of likely N-dealkylation sites (tertiary alicyclic amines) is 1. The van der Waals surface area contributed by atoms with Crippen LogP contribution in [0.15, 0.2) is 24.3 Å². The largest absolute Gasteiger partial charge is 0.454 e. The molecule has 3 fully saturated rings. The highest BCUT2D eigenvalue weighted by Crippen LogP contribution is 2.60. The van der Waals surface area contributed by atoms with Crippen molar-refractivity contribution >= 4 is 61.2 Å². The third-order valence-electron chi connectivity index (χ3n) is 6.40. The van der Waals surface area contributed by atoms with E-state index in [1.807, 2.05) is 19.1 Å². The number of carbonyl (C=O) groups excluding carboxylic acids is 4. The van der Waals surface area contributed by atoms with Gasteiger partial charge in [-0.15, -0.1) is 0 Å². The summed E-state index contributed by atoms with van der Waals surface area (Å²) in [6.45, 7) is 2.88. The molecule has 2 aliphatic carbocycles. The van der Waals surface area contributed by atoms with Crippen LogP contribution < -0.4 is 5.32 Å². The van der Waals surface area contributed by atoms with Crippen molar-refractivity contribution in [1.29, 1.82) is 0 Å². The normalized spacial score (nSPS) is 32.9. The summed E-state index contributed by atoms with van der Waals surface area (Å²) in [6, 6.07) is 6.18. The molecule has 1 aromatic rings. The van der Waals surface area contributed by atoms with Gasteiger partial charge in [0.15, 0.2) is 6.61 Å². The van der Waals surface area contributed by atoms with Crippen LogP contribution in [0.5, 0.6) is 0 Å². The zero-order chi connectivity index (χ0) is 21.7. The number of nitrogens with zero attached hydrogens (tertiary/aromatic N) is 1. The van der Waals surface area contributed by atoms with Crippen molar-refractivity contribution in [3.05, 3.63) is 29.8 Å². The third-order valence-corrected chi connectivity index (χ3v) is 9.60. The Labute approximate surface area is 191 Å². The molecule has 1 aromatic carbocycles. The molecule has 4 rings (SSSR count). The number of hydrogen-bond donors (Lipinski definition) is 1. The quantitative estimate of drug-likeness (QED) is 0.351. The van der Waals surface area contributed by atoms with Gasteiger partial charge in [0.2, 0.25) is 11.8 Å². The first kappa shape index (κ1) is 21.5. The Balaban J connectivity index is 1.37. The van der Waals surface area contributed by atoms with E-state index >= 15 is 0 Å². The van der Waals surface area contributed by atoms with Crippen molar-refractivity contribution in [2.75, 3.05) is 11.9 Å². The Kier molecular flexibility index (Phi) is 5.78. The van der Waals surface area contributed by atoms with Crippen molar-refractivity contribution < 1.29 is 23.9 Å². The number of benzene rings is 1. The van der Waals surface area contributed by atoms with E-state index in [0.29, 0.717) is 5.69 Å². The van der Waals surface area contributed by atoms with E-state index in [4.69, 9.17) is 4.74 Å². The molecule has 0 aromatic heterocycles. The molecular formula is C21H22Br2N2O5. The second kappa shape index (κ2) is 8.07. The Morgan fingerprint density at radius 3 is 2.33 bits per heavy atom. The number of fused-ring (bicyclic) bond motifs is 5. The summed E-state index contributed by atoms with van der Waals surface area (Å²) in [5.41, 5.74) is 1.59. The molecule has 3 amide bonds. The predicted molar refractivity (Wildman–Crippen MR) is 116 cm³/mol. The highest BCUT2D eigenvalue weighted by Gasteiger charge is 2.67. The number of amides is 3. The van der Waals surface area contributed by atoms with Gasteiger partial charge < -0.3 is 10.1 Å². The molecule has 7 atom stereocenters. The fraction of sp³-hybridized carbons (Fsp3) is 0.524. The topological polar surface area (TPSA) is 92.8 Å². The summed E-state index contributed by atoms with van der Waals surface area (Å²) in [5.74, 6) is -2.50. The SMILES string of the molecule is Cc1cccc(NC(=O)COC(=O)[C@H](C)N2C(=O)[C@@H]3[C@H]4C[C@@H]([C@@H](Br)[C@H]4Br)[C@H]3C2=O)c1. The molecule has 0 spiro atoms. The Hall–Kier alpha value is -1.74. The molecule has 9 heteroatoms. The lowest BCUT2D eigenvalue weighted by molar-refractivity contribution is -0.159. The minimum atomic E-state index is -1.07. The maximum Gasteiger partial charge on any atom is 0.329 e. The maximum absolute atomic E-state index is 13.0. The molecule has 160 valence electrons. The average molecular weight is 542 g/mol.